The maximum Gasteiger partial charge on any atom is 0.230 e. The number of anilines is 1. The molecule has 4 rings (SSSR count). The molecule has 1 atom stereocenters. The van der Waals surface area contributed by atoms with Crippen molar-refractivity contribution in [3.05, 3.63) is 29.8 Å². The van der Waals surface area contributed by atoms with Gasteiger partial charge in [0.25, 0.3) is 0 Å². The average Bonchev–Trinajstić information content (AvgIpc) is 3.24. The third-order valence-electron chi connectivity index (χ3n) is 6.48. The smallest absolute Gasteiger partial charge is 0.230 e. The van der Waals surface area contributed by atoms with Crippen molar-refractivity contribution >= 4 is 23.4 Å². The third kappa shape index (κ3) is 4.05. The molecule has 0 radical (unpaired) electrons. The van der Waals surface area contributed by atoms with Crippen LogP contribution in [0.4, 0.5) is 5.69 Å². The molecule has 3 amide bonds. The molecule has 0 aromatic heterocycles. The highest BCUT2D eigenvalue weighted by molar-refractivity contribution is 6.01. The number of hydrogen-bond donors (Lipinski definition) is 1. The highest BCUT2D eigenvalue weighted by Crippen LogP contribution is 2.33. The number of rotatable bonds is 4. The van der Waals surface area contributed by atoms with E-state index in [1.165, 1.54) is 25.7 Å². The Hall–Kier alpha value is -2.37. The molecule has 2 fully saturated rings. The van der Waals surface area contributed by atoms with E-state index in [1.54, 1.807) is 0 Å². The zero-order valence-corrected chi connectivity index (χ0v) is 16.4. The molecule has 6 heteroatoms. The molecule has 150 valence electrons. The van der Waals surface area contributed by atoms with Crippen molar-refractivity contribution < 1.29 is 14.4 Å². The molecule has 0 bridgehead atoms. The van der Waals surface area contributed by atoms with E-state index < -0.39 is 5.92 Å². The summed E-state index contributed by atoms with van der Waals surface area (Å²) in [7, 11) is 0. The quantitative estimate of drug-likeness (QED) is 0.869. The number of hydrogen-bond acceptors (Lipinski definition) is 3. The largest absolute Gasteiger partial charge is 0.339 e. The molecule has 3 aliphatic rings. The zero-order chi connectivity index (χ0) is 19.5. The van der Waals surface area contributed by atoms with Crippen LogP contribution < -0.4 is 5.32 Å². The predicted octanol–water partition coefficient (Wildman–Crippen LogP) is 2.75. The zero-order valence-electron chi connectivity index (χ0n) is 16.4. The van der Waals surface area contributed by atoms with E-state index in [1.807, 2.05) is 34.1 Å². The monoisotopic (exact) mass is 383 g/mol. The van der Waals surface area contributed by atoms with Gasteiger partial charge in [-0.3, -0.25) is 14.4 Å². The Morgan fingerprint density at radius 3 is 2.43 bits per heavy atom. The van der Waals surface area contributed by atoms with Crippen LogP contribution in [0.1, 0.15) is 56.4 Å². The van der Waals surface area contributed by atoms with Gasteiger partial charge in [-0.1, -0.05) is 43.9 Å². The van der Waals surface area contributed by atoms with Crippen molar-refractivity contribution in [2.45, 2.75) is 50.9 Å². The molecule has 1 unspecified atom stereocenters. The van der Waals surface area contributed by atoms with E-state index in [2.05, 4.69) is 5.32 Å². The topological polar surface area (TPSA) is 69.7 Å². The van der Waals surface area contributed by atoms with Crippen LogP contribution >= 0.6 is 0 Å². The highest BCUT2D eigenvalue weighted by Gasteiger charge is 2.35. The molecule has 1 aromatic rings. The van der Waals surface area contributed by atoms with E-state index in [0.29, 0.717) is 32.6 Å². The number of piperazine rings is 1. The minimum Gasteiger partial charge on any atom is -0.339 e. The average molecular weight is 383 g/mol. The first-order valence-electron chi connectivity index (χ1n) is 10.6. The number of carbonyl (C=O) groups is 3. The molecule has 2 heterocycles. The van der Waals surface area contributed by atoms with Gasteiger partial charge in [-0.2, -0.15) is 0 Å². The fourth-order valence-corrected chi connectivity index (χ4v) is 4.81. The Morgan fingerprint density at radius 2 is 1.68 bits per heavy atom. The van der Waals surface area contributed by atoms with Gasteiger partial charge < -0.3 is 15.1 Å². The van der Waals surface area contributed by atoms with Crippen LogP contribution in [0.15, 0.2) is 24.3 Å². The SMILES string of the molecule is O=C1CC(C(=O)N2CCN(C(=O)CCC3CCCC3)CC2)c2ccccc2N1. The number of carbonyl (C=O) groups excluding carboxylic acids is 3. The summed E-state index contributed by atoms with van der Waals surface area (Å²) in [5.41, 5.74) is 1.62. The molecule has 1 N–H and O–H groups in total. The van der Waals surface area contributed by atoms with Gasteiger partial charge in [0.15, 0.2) is 0 Å². The van der Waals surface area contributed by atoms with Gasteiger partial charge in [0.2, 0.25) is 17.7 Å². The maximum absolute atomic E-state index is 13.1. The number of nitrogens with one attached hydrogen (secondary N) is 1. The maximum atomic E-state index is 13.1. The van der Waals surface area contributed by atoms with Crippen molar-refractivity contribution in [2.24, 2.45) is 5.92 Å². The summed E-state index contributed by atoms with van der Waals surface area (Å²) >= 11 is 0. The first kappa shape index (κ1) is 19.0. The van der Waals surface area contributed by atoms with E-state index in [-0.39, 0.29) is 24.1 Å². The lowest BCUT2D eigenvalue weighted by Crippen LogP contribution is -2.52. The lowest BCUT2D eigenvalue weighted by molar-refractivity contribution is -0.141. The first-order chi connectivity index (χ1) is 13.6. The van der Waals surface area contributed by atoms with Crippen LogP contribution in [-0.2, 0) is 14.4 Å². The van der Waals surface area contributed by atoms with Gasteiger partial charge in [0.1, 0.15) is 0 Å². The van der Waals surface area contributed by atoms with Crippen molar-refractivity contribution in [2.75, 3.05) is 31.5 Å². The number of amides is 3. The number of para-hydroxylation sites is 1. The standard InChI is InChI=1S/C22H29N3O3/c26-20-15-18(17-7-3-4-8-19(17)23-20)22(28)25-13-11-24(12-14-25)21(27)10-9-16-5-1-2-6-16/h3-4,7-8,16,18H,1-2,5-6,9-15H2,(H,23,26). The van der Waals surface area contributed by atoms with Gasteiger partial charge in [-0.15, -0.1) is 0 Å². The Bertz CT molecular complexity index is 749. The van der Waals surface area contributed by atoms with Gasteiger partial charge in [-0.05, 0) is 24.0 Å². The number of fused-ring (bicyclic) bond motifs is 1. The summed E-state index contributed by atoms with van der Waals surface area (Å²) in [6.07, 6.45) is 6.99. The second kappa shape index (κ2) is 8.33. The Balaban J connectivity index is 1.32. The summed E-state index contributed by atoms with van der Waals surface area (Å²) in [5, 5.41) is 2.84. The van der Waals surface area contributed by atoms with Crippen molar-refractivity contribution in [1.29, 1.82) is 0 Å². The fourth-order valence-electron chi connectivity index (χ4n) is 4.81. The summed E-state index contributed by atoms with van der Waals surface area (Å²) in [6, 6.07) is 7.52. The van der Waals surface area contributed by atoms with Crippen molar-refractivity contribution in [1.82, 2.24) is 9.80 Å². The summed E-state index contributed by atoms with van der Waals surface area (Å²) < 4.78 is 0. The summed E-state index contributed by atoms with van der Waals surface area (Å²) in [4.78, 5) is 41.3. The minimum atomic E-state index is -0.422. The molecule has 2 aliphatic heterocycles. The van der Waals surface area contributed by atoms with Crippen LogP contribution in [0.25, 0.3) is 0 Å². The normalized spacial score (nSPS) is 22.7. The molecular weight excluding hydrogens is 354 g/mol. The molecule has 1 aliphatic carbocycles. The van der Waals surface area contributed by atoms with Crippen LogP contribution in [0.2, 0.25) is 0 Å². The molecule has 6 nitrogen and oxygen atoms in total. The van der Waals surface area contributed by atoms with E-state index in [0.717, 1.165) is 23.6 Å². The van der Waals surface area contributed by atoms with Crippen molar-refractivity contribution in [3.63, 3.8) is 0 Å². The van der Waals surface area contributed by atoms with Gasteiger partial charge in [0, 0.05) is 44.7 Å². The van der Waals surface area contributed by atoms with E-state index >= 15 is 0 Å². The first-order valence-corrected chi connectivity index (χ1v) is 10.6. The predicted molar refractivity (Wildman–Crippen MR) is 107 cm³/mol. The second-order valence-electron chi connectivity index (χ2n) is 8.29. The lowest BCUT2D eigenvalue weighted by atomic mass is 9.89. The third-order valence-corrected chi connectivity index (χ3v) is 6.48. The number of nitrogens with zero attached hydrogens (tertiary/aromatic N) is 2. The molecular formula is C22H29N3O3. The Morgan fingerprint density at radius 1 is 1.00 bits per heavy atom. The highest BCUT2D eigenvalue weighted by atomic mass is 16.2. The molecule has 1 saturated heterocycles. The Kier molecular flexibility index (Phi) is 5.64. The lowest BCUT2D eigenvalue weighted by Gasteiger charge is -2.37. The van der Waals surface area contributed by atoms with Gasteiger partial charge >= 0.3 is 0 Å². The van der Waals surface area contributed by atoms with Crippen LogP contribution in [0.5, 0.6) is 0 Å². The number of benzene rings is 1. The van der Waals surface area contributed by atoms with Crippen LogP contribution in [0, 0.1) is 5.92 Å². The van der Waals surface area contributed by atoms with Crippen LogP contribution in [0.3, 0.4) is 0 Å². The fraction of sp³-hybridized carbons (Fsp3) is 0.591. The molecule has 28 heavy (non-hydrogen) atoms. The van der Waals surface area contributed by atoms with Crippen molar-refractivity contribution in [3.8, 4) is 0 Å². The summed E-state index contributed by atoms with van der Waals surface area (Å²) in [6.45, 7) is 2.29. The molecule has 1 saturated carbocycles. The second-order valence-corrected chi connectivity index (χ2v) is 8.29. The Labute approximate surface area is 166 Å². The van der Waals surface area contributed by atoms with Crippen LogP contribution in [-0.4, -0.2) is 53.7 Å². The van der Waals surface area contributed by atoms with Gasteiger partial charge in [-0.25, -0.2) is 0 Å². The van der Waals surface area contributed by atoms with E-state index in [4.69, 9.17) is 0 Å². The van der Waals surface area contributed by atoms with E-state index in [9.17, 15) is 14.4 Å². The molecule has 1 aromatic carbocycles. The van der Waals surface area contributed by atoms with Gasteiger partial charge in [0.05, 0.1) is 5.92 Å². The minimum absolute atomic E-state index is 0.000328. The summed E-state index contributed by atoms with van der Waals surface area (Å²) in [5.74, 6) is 0.415. The molecule has 0 spiro atoms.